The van der Waals surface area contributed by atoms with Crippen molar-refractivity contribution in [1.29, 1.82) is 0 Å². The molecule has 0 bridgehead atoms. The van der Waals surface area contributed by atoms with Crippen LogP contribution in [0.4, 0.5) is 0 Å². The van der Waals surface area contributed by atoms with Gasteiger partial charge in [-0.25, -0.2) is 0 Å². The largest absolute Gasteiger partial charge is 0.377 e. The van der Waals surface area contributed by atoms with Gasteiger partial charge in [0, 0.05) is 19.4 Å². The van der Waals surface area contributed by atoms with Gasteiger partial charge in [0.2, 0.25) is 0 Å². The number of hydrogen-bond acceptors (Lipinski definition) is 3. The van der Waals surface area contributed by atoms with E-state index in [4.69, 9.17) is 4.74 Å². The summed E-state index contributed by atoms with van der Waals surface area (Å²) in [6.07, 6.45) is 3.62. The van der Waals surface area contributed by atoms with Gasteiger partial charge in [-0.05, 0) is 25.9 Å². The van der Waals surface area contributed by atoms with Crippen molar-refractivity contribution in [1.82, 2.24) is 4.90 Å². The van der Waals surface area contributed by atoms with Crippen LogP contribution < -0.4 is 0 Å². The van der Waals surface area contributed by atoms with Crippen molar-refractivity contribution in [2.24, 2.45) is 0 Å². The molecular formula is C12H23NO2. The van der Waals surface area contributed by atoms with E-state index in [1.165, 1.54) is 0 Å². The molecule has 0 unspecified atom stereocenters. The number of carbonyl (C=O) groups excluding carboxylic acids is 1. The fraction of sp³-hybridized carbons (Fsp3) is 0.917. The highest BCUT2D eigenvalue weighted by molar-refractivity contribution is 5.79. The molecule has 0 saturated heterocycles. The monoisotopic (exact) mass is 213 g/mol. The number of hydrogen-bond donors (Lipinski definition) is 0. The zero-order valence-electron chi connectivity index (χ0n) is 10.00. The molecule has 0 aromatic carbocycles. The van der Waals surface area contributed by atoms with Crippen molar-refractivity contribution in [3.05, 3.63) is 0 Å². The molecule has 0 aromatic heterocycles. The van der Waals surface area contributed by atoms with Crippen LogP contribution in [-0.4, -0.2) is 43.0 Å². The maximum Gasteiger partial charge on any atom is 0.133 e. The van der Waals surface area contributed by atoms with Crippen molar-refractivity contribution < 1.29 is 9.53 Å². The molecule has 0 atom stereocenters. The van der Waals surface area contributed by atoms with Gasteiger partial charge in [0.15, 0.2) is 0 Å². The van der Waals surface area contributed by atoms with Crippen LogP contribution in [-0.2, 0) is 9.53 Å². The summed E-state index contributed by atoms with van der Waals surface area (Å²) < 4.78 is 5.77. The molecule has 0 spiro atoms. The van der Waals surface area contributed by atoms with Gasteiger partial charge in [-0.3, -0.25) is 4.79 Å². The first-order valence-electron chi connectivity index (χ1n) is 6.12. The van der Waals surface area contributed by atoms with E-state index in [0.717, 1.165) is 51.9 Å². The Morgan fingerprint density at radius 2 is 1.87 bits per heavy atom. The number of Topliss-reactive ketones (excluding diaryl/α,β-unsaturated/α-hetero) is 1. The van der Waals surface area contributed by atoms with E-state index in [2.05, 4.69) is 18.7 Å². The molecule has 0 amide bonds. The van der Waals surface area contributed by atoms with Crippen molar-refractivity contribution in [3.8, 4) is 0 Å². The van der Waals surface area contributed by atoms with Gasteiger partial charge in [0.1, 0.15) is 5.78 Å². The molecule has 0 heterocycles. The Morgan fingerprint density at radius 1 is 1.27 bits per heavy atom. The zero-order valence-corrected chi connectivity index (χ0v) is 10.00. The first-order valence-corrected chi connectivity index (χ1v) is 6.12. The smallest absolute Gasteiger partial charge is 0.133 e. The predicted molar refractivity (Wildman–Crippen MR) is 61.0 cm³/mol. The predicted octanol–water partition coefficient (Wildman–Crippen LogP) is 1.86. The second kappa shape index (κ2) is 6.96. The second-order valence-corrected chi connectivity index (χ2v) is 4.14. The molecular weight excluding hydrogens is 190 g/mol. The number of ketones is 1. The summed E-state index contributed by atoms with van der Waals surface area (Å²) in [5, 5.41) is 0. The van der Waals surface area contributed by atoms with Gasteiger partial charge in [-0.1, -0.05) is 13.8 Å². The Hall–Kier alpha value is -0.410. The maximum absolute atomic E-state index is 11.0. The number of rotatable bonds is 6. The van der Waals surface area contributed by atoms with Gasteiger partial charge >= 0.3 is 0 Å². The van der Waals surface area contributed by atoms with Gasteiger partial charge in [-0.2, -0.15) is 0 Å². The fourth-order valence-electron chi connectivity index (χ4n) is 1.97. The minimum absolute atomic E-state index is 0.332. The van der Waals surface area contributed by atoms with Crippen LogP contribution in [0.2, 0.25) is 0 Å². The number of carbonyl (C=O) groups is 1. The highest BCUT2D eigenvalue weighted by Gasteiger charge is 2.18. The third-order valence-corrected chi connectivity index (χ3v) is 3.15. The van der Waals surface area contributed by atoms with Gasteiger partial charge in [-0.15, -0.1) is 0 Å². The molecule has 1 aliphatic rings. The van der Waals surface area contributed by atoms with Gasteiger partial charge < -0.3 is 9.64 Å². The molecule has 1 rings (SSSR count). The number of ether oxygens (including phenoxy) is 1. The zero-order chi connectivity index (χ0) is 11.1. The molecule has 88 valence electrons. The summed E-state index contributed by atoms with van der Waals surface area (Å²) in [4.78, 5) is 13.4. The van der Waals surface area contributed by atoms with Crippen molar-refractivity contribution >= 4 is 5.78 Å². The molecule has 1 saturated carbocycles. The SMILES string of the molecule is CCN(CC)CCOC1CCC(=O)CC1. The molecule has 1 fully saturated rings. The molecule has 0 aliphatic heterocycles. The lowest BCUT2D eigenvalue weighted by molar-refractivity contribution is -0.123. The summed E-state index contributed by atoms with van der Waals surface area (Å²) in [6.45, 7) is 8.33. The van der Waals surface area contributed by atoms with Crippen LogP contribution in [0.5, 0.6) is 0 Å². The highest BCUT2D eigenvalue weighted by atomic mass is 16.5. The topological polar surface area (TPSA) is 29.5 Å². The molecule has 0 radical (unpaired) electrons. The average molecular weight is 213 g/mol. The van der Waals surface area contributed by atoms with Crippen LogP contribution in [0.1, 0.15) is 39.5 Å². The minimum Gasteiger partial charge on any atom is -0.377 e. The van der Waals surface area contributed by atoms with Crippen LogP contribution >= 0.6 is 0 Å². The summed E-state index contributed by atoms with van der Waals surface area (Å²) in [6, 6.07) is 0. The number of nitrogens with zero attached hydrogens (tertiary/aromatic N) is 1. The lowest BCUT2D eigenvalue weighted by Gasteiger charge is -2.23. The van der Waals surface area contributed by atoms with Crippen LogP contribution in [0.3, 0.4) is 0 Å². The molecule has 3 nitrogen and oxygen atoms in total. The minimum atomic E-state index is 0.332. The molecule has 15 heavy (non-hydrogen) atoms. The second-order valence-electron chi connectivity index (χ2n) is 4.14. The fourth-order valence-corrected chi connectivity index (χ4v) is 1.97. The average Bonchev–Trinajstić information content (AvgIpc) is 2.27. The molecule has 0 aromatic rings. The van der Waals surface area contributed by atoms with E-state index < -0.39 is 0 Å². The Morgan fingerprint density at radius 3 is 2.40 bits per heavy atom. The van der Waals surface area contributed by atoms with Gasteiger partial charge in [0.05, 0.1) is 12.7 Å². The summed E-state index contributed by atoms with van der Waals surface area (Å²) in [5.74, 6) is 0.401. The summed E-state index contributed by atoms with van der Waals surface area (Å²) in [5.41, 5.74) is 0. The molecule has 1 aliphatic carbocycles. The molecule has 0 N–H and O–H groups in total. The van der Waals surface area contributed by atoms with E-state index in [1.807, 2.05) is 0 Å². The van der Waals surface area contributed by atoms with E-state index >= 15 is 0 Å². The van der Waals surface area contributed by atoms with Gasteiger partial charge in [0.25, 0.3) is 0 Å². The maximum atomic E-state index is 11.0. The molecule has 3 heteroatoms. The Labute approximate surface area is 92.8 Å². The van der Waals surface area contributed by atoms with Crippen molar-refractivity contribution in [2.45, 2.75) is 45.6 Å². The first kappa shape index (κ1) is 12.7. The third-order valence-electron chi connectivity index (χ3n) is 3.15. The quantitative estimate of drug-likeness (QED) is 0.674. The van der Waals surface area contributed by atoms with Crippen LogP contribution in [0, 0.1) is 0 Å². The van der Waals surface area contributed by atoms with E-state index in [9.17, 15) is 4.79 Å². The third kappa shape index (κ3) is 4.76. The lowest BCUT2D eigenvalue weighted by Crippen LogP contribution is -2.30. The van der Waals surface area contributed by atoms with E-state index in [-0.39, 0.29) is 0 Å². The standard InChI is InChI=1S/C12H23NO2/c1-3-13(4-2)9-10-15-12-7-5-11(14)6-8-12/h12H,3-10H2,1-2H3. The van der Waals surface area contributed by atoms with E-state index in [0.29, 0.717) is 11.9 Å². The number of likely N-dealkylation sites (N-methyl/N-ethyl adjacent to an activating group) is 1. The lowest BCUT2D eigenvalue weighted by atomic mass is 9.96. The summed E-state index contributed by atoms with van der Waals surface area (Å²) >= 11 is 0. The normalized spacial score (nSPS) is 18.7. The Balaban J connectivity index is 2.07. The van der Waals surface area contributed by atoms with Crippen molar-refractivity contribution in [2.75, 3.05) is 26.2 Å². The Kier molecular flexibility index (Phi) is 5.88. The summed E-state index contributed by atoms with van der Waals surface area (Å²) in [7, 11) is 0. The highest BCUT2D eigenvalue weighted by Crippen LogP contribution is 2.17. The van der Waals surface area contributed by atoms with Crippen LogP contribution in [0.25, 0.3) is 0 Å². The van der Waals surface area contributed by atoms with Crippen LogP contribution in [0.15, 0.2) is 0 Å². The first-order chi connectivity index (χ1) is 7.26. The Bertz CT molecular complexity index is 180. The van der Waals surface area contributed by atoms with E-state index in [1.54, 1.807) is 0 Å². The van der Waals surface area contributed by atoms with Crippen molar-refractivity contribution in [3.63, 3.8) is 0 Å².